The zero-order valence-electron chi connectivity index (χ0n) is 22.3. The molecule has 1 amide bonds. The van der Waals surface area contributed by atoms with Crippen LogP contribution in [0.5, 0.6) is 0 Å². The van der Waals surface area contributed by atoms with Crippen molar-refractivity contribution in [2.75, 3.05) is 5.32 Å². The number of cyclic esters (lactones) is 1. The van der Waals surface area contributed by atoms with Gasteiger partial charge in [-0.3, -0.25) is 19.3 Å². The maximum Gasteiger partial charge on any atom is 0.325 e. The summed E-state index contributed by atoms with van der Waals surface area (Å²) in [6, 6.07) is 24.9. The zero-order chi connectivity index (χ0) is 30.0. The number of esters is 1. The van der Waals surface area contributed by atoms with E-state index in [1.165, 1.54) is 18.2 Å². The van der Waals surface area contributed by atoms with Crippen LogP contribution in [-0.4, -0.2) is 33.9 Å². The number of ether oxygens (including phenoxy) is 1. The van der Waals surface area contributed by atoms with Crippen LogP contribution in [-0.2, 0) is 24.5 Å². The van der Waals surface area contributed by atoms with Crippen LogP contribution in [0.25, 0.3) is 0 Å². The molecule has 2 saturated heterocycles. The minimum absolute atomic E-state index is 0.181. The van der Waals surface area contributed by atoms with Crippen LogP contribution in [0.1, 0.15) is 40.4 Å². The lowest BCUT2D eigenvalue weighted by Gasteiger charge is -2.46. The normalized spacial score (nSPS) is 27.8. The van der Waals surface area contributed by atoms with Gasteiger partial charge >= 0.3 is 11.9 Å². The third-order valence-corrected chi connectivity index (χ3v) is 9.76. The molecule has 10 heteroatoms. The summed E-state index contributed by atoms with van der Waals surface area (Å²) in [5.41, 5.74) is 0.995. The van der Waals surface area contributed by atoms with Crippen LogP contribution >= 0.6 is 34.2 Å². The highest BCUT2D eigenvalue weighted by molar-refractivity contribution is 14.1. The molecule has 2 N–H and O–H groups in total. The fourth-order valence-electron chi connectivity index (χ4n) is 7.23. The minimum atomic E-state index is -1.79. The molecule has 3 heterocycles. The lowest BCUT2D eigenvalue weighted by Crippen LogP contribution is -2.52. The number of nitrogens with one attached hydrogen (secondary N) is 1. The van der Waals surface area contributed by atoms with Gasteiger partial charge in [-0.15, -0.1) is 0 Å². The van der Waals surface area contributed by atoms with E-state index >= 15 is 0 Å². The third kappa shape index (κ3) is 4.12. The first kappa shape index (κ1) is 28.0. The second-order valence-electron chi connectivity index (χ2n) is 10.9. The van der Waals surface area contributed by atoms with Crippen molar-refractivity contribution in [3.05, 3.63) is 134 Å². The molecular weight excluding hydrogens is 686 g/mol. The predicted octanol–water partition coefficient (Wildman–Crippen LogP) is 6.44. The second kappa shape index (κ2) is 10.4. The molecule has 0 aliphatic carbocycles. The van der Waals surface area contributed by atoms with Crippen molar-refractivity contribution in [1.29, 1.82) is 0 Å². The lowest BCUT2D eigenvalue weighted by molar-refractivity contribution is -0.179. The van der Waals surface area contributed by atoms with Crippen LogP contribution in [0.15, 0.2) is 97.1 Å². The summed E-state index contributed by atoms with van der Waals surface area (Å²) in [5.74, 6) is -4.84. The molecular formula is C33H23ClFIN2O5. The molecule has 4 aromatic carbocycles. The molecule has 7 nitrogen and oxygen atoms in total. The summed E-state index contributed by atoms with van der Waals surface area (Å²) in [6.45, 7) is 0. The predicted molar refractivity (Wildman–Crippen MR) is 165 cm³/mol. The van der Waals surface area contributed by atoms with Gasteiger partial charge in [0, 0.05) is 9.26 Å². The Morgan fingerprint density at radius 2 is 1.58 bits per heavy atom. The van der Waals surface area contributed by atoms with Crippen LogP contribution in [0.4, 0.5) is 10.1 Å². The molecule has 7 rings (SSSR count). The van der Waals surface area contributed by atoms with Crippen molar-refractivity contribution in [3.63, 3.8) is 0 Å². The van der Waals surface area contributed by atoms with Gasteiger partial charge in [0.2, 0.25) is 5.91 Å². The minimum Gasteiger partial charge on any atom is -0.481 e. The molecule has 3 aliphatic heterocycles. The van der Waals surface area contributed by atoms with Gasteiger partial charge in [0.05, 0.1) is 17.1 Å². The van der Waals surface area contributed by atoms with E-state index in [9.17, 15) is 23.9 Å². The van der Waals surface area contributed by atoms with E-state index in [0.717, 1.165) is 9.13 Å². The number of aliphatic carboxylic acids is 1. The molecule has 0 bridgehead atoms. The molecule has 0 aromatic heterocycles. The van der Waals surface area contributed by atoms with Crippen LogP contribution in [0.2, 0.25) is 5.02 Å². The molecule has 216 valence electrons. The topological polar surface area (TPSA) is 95.9 Å². The van der Waals surface area contributed by atoms with Gasteiger partial charge in [0.25, 0.3) is 0 Å². The smallest absolute Gasteiger partial charge is 0.325 e. The number of halogens is 3. The SMILES string of the molecule is O=C1O[C@H](c2ccccc2)[C@H](c2ccccc2)N2[C@H]1[C@@H](C(=O)O)[C@]1(C(=O)Nc3ccc(I)cc31)[C@H]2c1ccc(F)c(Cl)c1. The number of carboxylic acid groups (broad SMARTS) is 1. The van der Waals surface area contributed by atoms with Crippen molar-refractivity contribution < 1.29 is 28.6 Å². The maximum absolute atomic E-state index is 14.6. The average Bonchev–Trinajstić information content (AvgIpc) is 3.48. The van der Waals surface area contributed by atoms with Crippen LogP contribution < -0.4 is 5.32 Å². The number of carboxylic acids is 1. The molecule has 4 aromatic rings. The Labute approximate surface area is 264 Å². The van der Waals surface area contributed by atoms with Crippen molar-refractivity contribution in [2.24, 2.45) is 5.92 Å². The van der Waals surface area contributed by atoms with Crippen LogP contribution in [0.3, 0.4) is 0 Å². The molecule has 0 radical (unpaired) electrons. The van der Waals surface area contributed by atoms with Crippen molar-refractivity contribution in [2.45, 2.75) is 29.6 Å². The number of anilines is 1. The average molecular weight is 709 g/mol. The fraction of sp³-hybridized carbons (Fsp3) is 0.182. The van der Waals surface area contributed by atoms with Crippen molar-refractivity contribution >= 4 is 57.7 Å². The summed E-state index contributed by atoms with van der Waals surface area (Å²) in [6.07, 6.45) is -0.838. The molecule has 2 fully saturated rings. The Bertz CT molecular complexity index is 1790. The number of rotatable bonds is 4. The first-order valence-electron chi connectivity index (χ1n) is 13.6. The largest absolute Gasteiger partial charge is 0.481 e. The fourth-order valence-corrected chi connectivity index (χ4v) is 7.91. The number of fused-ring (bicyclic) bond motifs is 3. The third-order valence-electron chi connectivity index (χ3n) is 8.80. The van der Waals surface area contributed by atoms with E-state index in [0.29, 0.717) is 22.4 Å². The van der Waals surface area contributed by atoms with Gasteiger partial charge in [0.1, 0.15) is 29.3 Å². The maximum atomic E-state index is 14.6. The van der Waals surface area contributed by atoms with Crippen molar-refractivity contribution in [3.8, 4) is 0 Å². The number of carbonyl (C=O) groups excluding carboxylic acids is 2. The number of nitrogens with zero attached hydrogens (tertiary/aromatic N) is 1. The van der Waals surface area contributed by atoms with E-state index in [2.05, 4.69) is 27.9 Å². The second-order valence-corrected chi connectivity index (χ2v) is 12.6. The molecule has 1 spiro atoms. The lowest BCUT2D eigenvalue weighted by atomic mass is 9.65. The summed E-state index contributed by atoms with van der Waals surface area (Å²) in [5, 5.41) is 13.6. The quantitative estimate of drug-likeness (QED) is 0.187. The summed E-state index contributed by atoms with van der Waals surface area (Å²) in [4.78, 5) is 43.7. The standard InChI is InChI=1S/C33H23ClFIN2O5/c34-22-15-19(11-13-23(22)35)29-33(21-16-20(36)12-14-24(21)37-32(33)42)25(30(39)40)27-31(41)43-28(18-9-5-2-6-10-18)26(38(27)29)17-7-3-1-4-8-17/h1-16,25-29H,(H,37,42)(H,39,40)/t25-,26-,27-,28+,29+,33-/m0/s1. The van der Waals surface area contributed by atoms with Gasteiger partial charge < -0.3 is 15.2 Å². The summed E-state index contributed by atoms with van der Waals surface area (Å²) >= 11 is 8.44. The first-order valence-corrected chi connectivity index (χ1v) is 15.1. The Hall–Kier alpha value is -3.80. The van der Waals surface area contributed by atoms with Gasteiger partial charge in [-0.2, -0.15) is 0 Å². The molecule has 43 heavy (non-hydrogen) atoms. The number of amides is 1. The number of carbonyl (C=O) groups is 3. The molecule has 6 atom stereocenters. The van der Waals surface area contributed by atoms with Gasteiger partial charge in [-0.1, -0.05) is 78.3 Å². The Kier molecular flexibility index (Phi) is 6.79. The van der Waals surface area contributed by atoms with E-state index in [-0.39, 0.29) is 5.02 Å². The number of hydrogen-bond acceptors (Lipinski definition) is 5. The zero-order valence-corrected chi connectivity index (χ0v) is 25.2. The first-order chi connectivity index (χ1) is 20.7. The highest BCUT2D eigenvalue weighted by Crippen LogP contribution is 2.64. The Morgan fingerprint density at radius 1 is 0.907 bits per heavy atom. The Morgan fingerprint density at radius 3 is 2.23 bits per heavy atom. The number of hydrogen-bond donors (Lipinski definition) is 2. The molecule has 0 unspecified atom stereocenters. The molecule has 3 aliphatic rings. The highest BCUT2D eigenvalue weighted by Gasteiger charge is 2.74. The number of benzene rings is 4. The van der Waals surface area contributed by atoms with Gasteiger partial charge in [0.15, 0.2) is 0 Å². The number of morpholine rings is 1. The molecule has 0 saturated carbocycles. The van der Waals surface area contributed by atoms with E-state index < -0.39 is 59.2 Å². The van der Waals surface area contributed by atoms with Gasteiger partial charge in [-0.05, 0) is 75.2 Å². The summed E-state index contributed by atoms with van der Waals surface area (Å²) < 4.78 is 21.5. The van der Waals surface area contributed by atoms with E-state index in [1.807, 2.05) is 66.7 Å². The van der Waals surface area contributed by atoms with Crippen LogP contribution in [0, 0.1) is 15.3 Å². The van der Waals surface area contributed by atoms with Gasteiger partial charge in [-0.25, -0.2) is 4.39 Å². The van der Waals surface area contributed by atoms with E-state index in [4.69, 9.17) is 16.3 Å². The Balaban J connectivity index is 1.58. The van der Waals surface area contributed by atoms with E-state index in [1.54, 1.807) is 17.0 Å². The monoisotopic (exact) mass is 708 g/mol. The highest BCUT2D eigenvalue weighted by atomic mass is 127. The van der Waals surface area contributed by atoms with Crippen molar-refractivity contribution in [1.82, 2.24) is 4.90 Å². The summed E-state index contributed by atoms with van der Waals surface area (Å²) in [7, 11) is 0.